The van der Waals surface area contributed by atoms with Gasteiger partial charge >= 0.3 is 6.09 Å². The molecule has 0 spiro atoms. The van der Waals surface area contributed by atoms with Crippen LogP contribution in [0.4, 0.5) is 4.79 Å². The molecule has 0 aliphatic carbocycles. The third-order valence-corrected chi connectivity index (χ3v) is 3.16. The number of carbonyl (C=O) groups excluding carboxylic acids is 1. The molecule has 2 rings (SSSR count). The van der Waals surface area contributed by atoms with Crippen molar-refractivity contribution in [3.05, 3.63) is 33.8 Å². The van der Waals surface area contributed by atoms with Gasteiger partial charge in [0.15, 0.2) is 5.69 Å². The van der Waals surface area contributed by atoms with Gasteiger partial charge in [-0.3, -0.25) is 4.90 Å². The molecular formula is C14H20N2O3. The highest BCUT2D eigenvalue weighted by molar-refractivity contribution is 5.69. The Morgan fingerprint density at radius 2 is 2.00 bits per heavy atom. The number of nitrogens with zero attached hydrogens (tertiary/aromatic N) is 2. The summed E-state index contributed by atoms with van der Waals surface area (Å²) < 4.78 is 6.25. The fraction of sp³-hybridized carbons (Fsp3) is 0.571. The number of ether oxygens (including phenoxy) is 1. The zero-order valence-corrected chi connectivity index (χ0v) is 12.1. The van der Waals surface area contributed by atoms with E-state index in [1.165, 1.54) is 0 Å². The molecule has 0 radical (unpaired) electrons. The maximum atomic E-state index is 12.0. The zero-order valence-electron chi connectivity index (χ0n) is 12.1. The number of carbonyl (C=O) groups is 1. The highest BCUT2D eigenvalue weighted by Gasteiger charge is 2.34. The monoisotopic (exact) mass is 264 g/mol. The molecule has 1 aliphatic rings. The van der Waals surface area contributed by atoms with E-state index in [-0.39, 0.29) is 6.09 Å². The van der Waals surface area contributed by atoms with Crippen LogP contribution >= 0.6 is 0 Å². The molecule has 0 saturated carbocycles. The predicted octanol–water partition coefficient (Wildman–Crippen LogP) is 2.19. The van der Waals surface area contributed by atoms with Crippen molar-refractivity contribution in [2.24, 2.45) is 0 Å². The maximum absolute atomic E-state index is 12.0. The van der Waals surface area contributed by atoms with E-state index < -0.39 is 5.60 Å². The SMILES string of the molecule is Cc1cc(C)[n+]([O-])c2c1CN(C(=O)OC(C)(C)C)C2. The molecule has 5 heteroatoms. The Morgan fingerprint density at radius 1 is 1.37 bits per heavy atom. The lowest BCUT2D eigenvalue weighted by Crippen LogP contribution is -2.37. The normalized spacial score (nSPS) is 14.5. The van der Waals surface area contributed by atoms with Crippen LogP contribution in [0.1, 0.15) is 43.3 Å². The second kappa shape index (κ2) is 4.40. The largest absolute Gasteiger partial charge is 0.618 e. The second-order valence-electron chi connectivity index (χ2n) is 6.02. The molecule has 0 N–H and O–H groups in total. The molecule has 0 saturated heterocycles. The van der Waals surface area contributed by atoms with Crippen molar-refractivity contribution in [3.8, 4) is 0 Å². The zero-order chi connectivity index (χ0) is 14.4. The number of hydrogen-bond donors (Lipinski definition) is 0. The van der Waals surface area contributed by atoms with Crippen molar-refractivity contribution in [1.82, 2.24) is 4.90 Å². The number of hydrogen-bond acceptors (Lipinski definition) is 3. The number of aromatic nitrogens is 1. The minimum atomic E-state index is -0.524. The summed E-state index contributed by atoms with van der Waals surface area (Å²) in [6, 6.07) is 1.85. The van der Waals surface area contributed by atoms with E-state index in [2.05, 4.69) is 0 Å². The van der Waals surface area contributed by atoms with Crippen LogP contribution in [0.2, 0.25) is 0 Å². The third-order valence-electron chi connectivity index (χ3n) is 3.16. The molecule has 5 nitrogen and oxygen atoms in total. The van der Waals surface area contributed by atoms with Crippen molar-refractivity contribution >= 4 is 6.09 Å². The van der Waals surface area contributed by atoms with Crippen LogP contribution in [0, 0.1) is 19.1 Å². The lowest BCUT2D eigenvalue weighted by molar-refractivity contribution is -0.621. The summed E-state index contributed by atoms with van der Waals surface area (Å²) in [7, 11) is 0. The van der Waals surface area contributed by atoms with E-state index in [0.29, 0.717) is 24.5 Å². The highest BCUT2D eigenvalue weighted by Crippen LogP contribution is 2.25. The number of amides is 1. The maximum Gasteiger partial charge on any atom is 0.411 e. The third kappa shape index (κ3) is 2.64. The molecule has 0 fully saturated rings. The number of aryl methyl sites for hydroxylation is 2. The number of fused-ring (bicyclic) bond motifs is 1. The van der Waals surface area contributed by atoms with E-state index in [9.17, 15) is 10.0 Å². The molecule has 0 unspecified atom stereocenters. The van der Waals surface area contributed by atoms with Crippen LogP contribution < -0.4 is 4.73 Å². The smallest absolute Gasteiger partial charge is 0.411 e. The van der Waals surface area contributed by atoms with Gasteiger partial charge in [-0.2, -0.15) is 4.73 Å². The molecular weight excluding hydrogens is 244 g/mol. The van der Waals surface area contributed by atoms with E-state index in [0.717, 1.165) is 15.9 Å². The minimum absolute atomic E-state index is 0.316. The van der Waals surface area contributed by atoms with E-state index in [1.54, 1.807) is 11.8 Å². The summed E-state index contributed by atoms with van der Waals surface area (Å²) in [6.45, 7) is 9.99. The van der Waals surface area contributed by atoms with Gasteiger partial charge in [0.25, 0.3) is 0 Å². The van der Waals surface area contributed by atoms with Gasteiger partial charge in [-0.05, 0) is 33.3 Å². The molecule has 1 aliphatic heterocycles. The first kappa shape index (κ1) is 13.6. The van der Waals surface area contributed by atoms with E-state index in [4.69, 9.17) is 4.74 Å². The quantitative estimate of drug-likeness (QED) is 0.533. The Kier molecular flexibility index (Phi) is 3.16. The van der Waals surface area contributed by atoms with E-state index in [1.807, 2.05) is 33.8 Å². The summed E-state index contributed by atoms with van der Waals surface area (Å²) in [5, 5.41) is 12.0. The standard InChI is InChI=1S/C14H20N2O3/c1-9-6-10(2)16(18)12-8-15(7-11(9)12)13(17)19-14(3,4)5/h6H,7-8H2,1-5H3. The molecule has 19 heavy (non-hydrogen) atoms. The van der Waals surface area contributed by atoms with E-state index >= 15 is 0 Å². The van der Waals surface area contributed by atoms with Crippen molar-refractivity contribution in [2.45, 2.75) is 53.3 Å². The lowest BCUT2D eigenvalue weighted by atomic mass is 10.1. The molecule has 1 aromatic rings. The highest BCUT2D eigenvalue weighted by atomic mass is 16.6. The van der Waals surface area contributed by atoms with Gasteiger partial charge in [-0.1, -0.05) is 0 Å². The van der Waals surface area contributed by atoms with Gasteiger partial charge in [0.1, 0.15) is 12.1 Å². The fourth-order valence-electron chi connectivity index (χ4n) is 2.28. The average molecular weight is 264 g/mol. The molecule has 104 valence electrons. The van der Waals surface area contributed by atoms with Crippen LogP contribution in [0.3, 0.4) is 0 Å². The number of rotatable bonds is 0. The predicted molar refractivity (Wildman–Crippen MR) is 70.4 cm³/mol. The Labute approximate surface area is 113 Å². The summed E-state index contributed by atoms with van der Waals surface area (Å²) in [4.78, 5) is 13.6. The van der Waals surface area contributed by atoms with Crippen LogP contribution in [0.25, 0.3) is 0 Å². The topological polar surface area (TPSA) is 56.5 Å². The van der Waals surface area contributed by atoms with Gasteiger partial charge in [-0.15, -0.1) is 0 Å². The lowest BCUT2D eigenvalue weighted by Gasteiger charge is -2.23. The van der Waals surface area contributed by atoms with Gasteiger partial charge < -0.3 is 9.94 Å². The summed E-state index contributed by atoms with van der Waals surface area (Å²) in [6.07, 6.45) is -0.374. The summed E-state index contributed by atoms with van der Waals surface area (Å²) in [5.41, 5.74) is 2.77. The Bertz CT molecular complexity index is 532. The fourth-order valence-corrected chi connectivity index (χ4v) is 2.28. The first-order valence-corrected chi connectivity index (χ1v) is 6.38. The van der Waals surface area contributed by atoms with Crippen LogP contribution in [0.5, 0.6) is 0 Å². The summed E-state index contributed by atoms with van der Waals surface area (Å²) >= 11 is 0. The first-order valence-electron chi connectivity index (χ1n) is 6.38. The Balaban J connectivity index is 2.23. The van der Waals surface area contributed by atoms with Crippen molar-refractivity contribution < 1.29 is 14.3 Å². The minimum Gasteiger partial charge on any atom is -0.618 e. The van der Waals surface area contributed by atoms with Gasteiger partial charge in [0.2, 0.25) is 5.69 Å². The van der Waals surface area contributed by atoms with Crippen molar-refractivity contribution in [3.63, 3.8) is 0 Å². The van der Waals surface area contributed by atoms with Crippen LogP contribution in [-0.2, 0) is 17.8 Å². The van der Waals surface area contributed by atoms with Crippen LogP contribution in [0.15, 0.2) is 6.07 Å². The first-order chi connectivity index (χ1) is 8.69. The molecule has 0 bridgehead atoms. The van der Waals surface area contributed by atoms with Crippen molar-refractivity contribution in [2.75, 3.05) is 0 Å². The van der Waals surface area contributed by atoms with Crippen LogP contribution in [-0.4, -0.2) is 16.6 Å². The Hall–Kier alpha value is -1.78. The number of pyridine rings is 1. The average Bonchev–Trinajstić information content (AvgIpc) is 2.69. The van der Waals surface area contributed by atoms with Gasteiger partial charge in [0.05, 0.1) is 6.54 Å². The van der Waals surface area contributed by atoms with Gasteiger partial charge in [0, 0.05) is 18.6 Å². The molecule has 1 amide bonds. The molecule has 0 atom stereocenters. The van der Waals surface area contributed by atoms with Crippen molar-refractivity contribution in [1.29, 1.82) is 0 Å². The Morgan fingerprint density at radius 3 is 2.58 bits per heavy atom. The molecule has 0 aromatic carbocycles. The molecule has 2 heterocycles. The summed E-state index contributed by atoms with van der Waals surface area (Å²) in [5.74, 6) is 0. The molecule has 1 aromatic heterocycles. The van der Waals surface area contributed by atoms with Gasteiger partial charge in [-0.25, -0.2) is 4.79 Å². The second-order valence-corrected chi connectivity index (χ2v) is 6.02.